The van der Waals surface area contributed by atoms with Crippen LogP contribution in [-0.4, -0.2) is 19.1 Å². The van der Waals surface area contributed by atoms with Crippen molar-refractivity contribution in [3.8, 4) is 34.0 Å². The van der Waals surface area contributed by atoms with Gasteiger partial charge in [-0.2, -0.15) is 0 Å². The molecule has 0 saturated carbocycles. The second-order valence-electron chi connectivity index (χ2n) is 14.2. The Morgan fingerprint density at radius 1 is 0.382 bits per heavy atom. The molecule has 0 spiro atoms. The van der Waals surface area contributed by atoms with E-state index in [0.717, 1.165) is 82.7 Å². The molecule has 0 saturated heterocycles. The zero-order valence-corrected chi connectivity index (χ0v) is 29.5. The number of benzene rings is 8. The van der Waals surface area contributed by atoms with Crippen LogP contribution in [0.4, 0.5) is 0 Å². The van der Waals surface area contributed by atoms with Crippen LogP contribution >= 0.6 is 0 Å². The minimum absolute atomic E-state index is 0.622. The molecular formula is C50H30N4O. The highest BCUT2D eigenvalue weighted by molar-refractivity contribution is 6.13. The zero-order chi connectivity index (χ0) is 36.0. The highest BCUT2D eigenvalue weighted by atomic mass is 16.3. The maximum absolute atomic E-state index is 6.51. The van der Waals surface area contributed by atoms with Gasteiger partial charge in [-0.25, -0.2) is 9.97 Å². The molecule has 8 aromatic carbocycles. The summed E-state index contributed by atoms with van der Waals surface area (Å²) in [6.45, 7) is 0. The van der Waals surface area contributed by atoms with Crippen LogP contribution in [-0.2, 0) is 0 Å². The van der Waals surface area contributed by atoms with Crippen LogP contribution in [0.2, 0.25) is 0 Å². The van der Waals surface area contributed by atoms with Gasteiger partial charge in [0.1, 0.15) is 11.2 Å². The molecule has 0 fully saturated rings. The summed E-state index contributed by atoms with van der Waals surface area (Å²) in [5.74, 6) is 0.622. The van der Waals surface area contributed by atoms with Crippen molar-refractivity contribution in [2.75, 3.05) is 0 Å². The van der Waals surface area contributed by atoms with Gasteiger partial charge in [-0.05, 0) is 71.8 Å². The van der Waals surface area contributed by atoms with Crippen molar-refractivity contribution in [1.29, 1.82) is 0 Å². The lowest BCUT2D eigenvalue weighted by Gasteiger charge is -2.12. The molecule has 4 heterocycles. The standard InChI is InChI=1S/C50H30N4O/c1-6-19-42-39(16-1)48(40-18-11-17-38-37-15-5-10-23-47(37)55-49(38)40)52-50(51-42)54-45-22-9-4-14-36(45)41-30-32(26-29-46(41)54)31-24-27-33(28-25-31)53-43-20-7-2-12-34(43)35-13-3-8-21-44(35)53/h1-30H. The summed E-state index contributed by atoms with van der Waals surface area (Å²) in [6.07, 6.45) is 0. The second kappa shape index (κ2) is 11.5. The molecule has 5 heteroatoms. The normalized spacial score (nSPS) is 12.0. The minimum Gasteiger partial charge on any atom is -0.455 e. The van der Waals surface area contributed by atoms with E-state index in [0.29, 0.717) is 5.95 Å². The number of hydrogen-bond acceptors (Lipinski definition) is 3. The van der Waals surface area contributed by atoms with Gasteiger partial charge in [-0.3, -0.25) is 4.57 Å². The monoisotopic (exact) mass is 702 g/mol. The van der Waals surface area contributed by atoms with Crippen LogP contribution in [0.1, 0.15) is 0 Å². The third kappa shape index (κ3) is 4.41. The van der Waals surface area contributed by atoms with Gasteiger partial charge in [0.2, 0.25) is 5.95 Å². The predicted octanol–water partition coefficient (Wildman–Crippen LogP) is 13.1. The molecular weight excluding hydrogens is 673 g/mol. The summed E-state index contributed by atoms with van der Waals surface area (Å²) < 4.78 is 11.1. The first-order valence-corrected chi connectivity index (χ1v) is 18.6. The van der Waals surface area contributed by atoms with Crippen LogP contribution < -0.4 is 0 Å². The fraction of sp³-hybridized carbons (Fsp3) is 0. The molecule has 0 bridgehead atoms. The van der Waals surface area contributed by atoms with Crippen molar-refractivity contribution in [1.82, 2.24) is 19.1 Å². The van der Waals surface area contributed by atoms with Gasteiger partial charge in [0.25, 0.3) is 0 Å². The predicted molar refractivity (Wildman–Crippen MR) is 226 cm³/mol. The molecule has 0 aliphatic carbocycles. The Morgan fingerprint density at radius 2 is 0.945 bits per heavy atom. The maximum Gasteiger partial charge on any atom is 0.235 e. The average Bonchev–Trinajstić information content (AvgIpc) is 3.91. The average molecular weight is 703 g/mol. The molecule has 12 aromatic rings. The van der Waals surface area contributed by atoms with Crippen molar-refractivity contribution in [2.45, 2.75) is 0 Å². The Balaban J connectivity index is 1.02. The number of aromatic nitrogens is 4. The second-order valence-corrected chi connectivity index (χ2v) is 14.2. The van der Waals surface area contributed by atoms with Gasteiger partial charge in [0, 0.05) is 49.0 Å². The fourth-order valence-electron chi connectivity index (χ4n) is 8.67. The molecule has 5 nitrogen and oxygen atoms in total. The highest BCUT2D eigenvalue weighted by Gasteiger charge is 2.20. The van der Waals surface area contributed by atoms with Gasteiger partial charge < -0.3 is 8.98 Å². The van der Waals surface area contributed by atoms with Gasteiger partial charge >= 0.3 is 0 Å². The van der Waals surface area contributed by atoms with Crippen LogP contribution in [0.25, 0.3) is 110 Å². The topological polar surface area (TPSA) is 48.8 Å². The van der Waals surface area contributed by atoms with Gasteiger partial charge in [0.05, 0.1) is 33.3 Å². The largest absolute Gasteiger partial charge is 0.455 e. The van der Waals surface area contributed by atoms with Crippen molar-refractivity contribution < 1.29 is 4.42 Å². The SMILES string of the molecule is c1ccc2c(-c3cccc4c3oc3ccccc34)nc(-n3c4ccccc4c4cc(-c5ccc(-n6c7ccccc7c7ccccc76)cc5)ccc43)nc2c1. The Kier molecular flexibility index (Phi) is 6.27. The number of nitrogens with zero attached hydrogens (tertiary/aromatic N) is 4. The molecule has 0 amide bonds. The lowest BCUT2D eigenvalue weighted by atomic mass is 10.0. The van der Waals surface area contributed by atoms with E-state index in [1.165, 1.54) is 21.8 Å². The number of hydrogen-bond donors (Lipinski definition) is 0. The summed E-state index contributed by atoms with van der Waals surface area (Å²) >= 11 is 0. The Labute approximate surface area is 315 Å². The van der Waals surface area contributed by atoms with Crippen molar-refractivity contribution in [3.63, 3.8) is 0 Å². The molecule has 0 radical (unpaired) electrons. The van der Waals surface area contributed by atoms with Crippen LogP contribution in [0.15, 0.2) is 186 Å². The van der Waals surface area contributed by atoms with E-state index in [1.807, 2.05) is 24.3 Å². The lowest BCUT2D eigenvalue weighted by Crippen LogP contribution is -2.03. The quantitative estimate of drug-likeness (QED) is 0.183. The Hall–Kier alpha value is -7.50. The lowest BCUT2D eigenvalue weighted by molar-refractivity contribution is 0.670. The van der Waals surface area contributed by atoms with Gasteiger partial charge in [-0.15, -0.1) is 0 Å². The highest BCUT2D eigenvalue weighted by Crippen LogP contribution is 2.40. The number of rotatable bonds is 4. The van der Waals surface area contributed by atoms with Gasteiger partial charge in [-0.1, -0.05) is 121 Å². The molecule has 0 atom stereocenters. The number of furan rings is 1. The van der Waals surface area contributed by atoms with Crippen LogP contribution in [0.3, 0.4) is 0 Å². The Morgan fingerprint density at radius 3 is 1.69 bits per heavy atom. The smallest absolute Gasteiger partial charge is 0.235 e. The van der Waals surface area contributed by atoms with E-state index in [1.54, 1.807) is 0 Å². The minimum atomic E-state index is 0.622. The third-order valence-electron chi connectivity index (χ3n) is 11.2. The van der Waals surface area contributed by atoms with E-state index >= 15 is 0 Å². The molecule has 0 unspecified atom stereocenters. The summed E-state index contributed by atoms with van der Waals surface area (Å²) in [5, 5.41) is 7.97. The van der Waals surface area contributed by atoms with Crippen LogP contribution in [0.5, 0.6) is 0 Å². The first-order valence-electron chi connectivity index (χ1n) is 18.6. The molecule has 12 rings (SSSR count). The molecule has 55 heavy (non-hydrogen) atoms. The molecule has 4 aromatic heterocycles. The fourth-order valence-corrected chi connectivity index (χ4v) is 8.67. The van der Waals surface area contributed by atoms with Gasteiger partial charge in [0.15, 0.2) is 0 Å². The summed E-state index contributed by atoms with van der Waals surface area (Å²) in [4.78, 5) is 10.6. The third-order valence-corrected chi connectivity index (χ3v) is 11.2. The maximum atomic E-state index is 6.51. The zero-order valence-electron chi connectivity index (χ0n) is 29.5. The number of fused-ring (bicyclic) bond motifs is 10. The van der Waals surface area contributed by atoms with E-state index < -0.39 is 0 Å². The number of para-hydroxylation sites is 6. The summed E-state index contributed by atoms with van der Waals surface area (Å²) in [7, 11) is 0. The van der Waals surface area contributed by atoms with E-state index in [-0.39, 0.29) is 0 Å². The Bertz CT molecular complexity index is 3440. The van der Waals surface area contributed by atoms with E-state index in [4.69, 9.17) is 14.4 Å². The molecule has 0 aliphatic heterocycles. The van der Waals surface area contributed by atoms with E-state index in [9.17, 15) is 0 Å². The van der Waals surface area contributed by atoms with Crippen molar-refractivity contribution >= 4 is 76.5 Å². The van der Waals surface area contributed by atoms with Crippen LogP contribution in [0, 0.1) is 0 Å². The molecule has 0 aliphatic rings. The van der Waals surface area contributed by atoms with Crippen molar-refractivity contribution in [3.05, 3.63) is 182 Å². The molecule has 0 N–H and O–H groups in total. The summed E-state index contributed by atoms with van der Waals surface area (Å²) in [5.41, 5.74) is 12.3. The first-order chi connectivity index (χ1) is 27.3. The summed E-state index contributed by atoms with van der Waals surface area (Å²) in [6, 6.07) is 64.2. The molecule has 256 valence electrons. The first kappa shape index (κ1) is 30.0. The van der Waals surface area contributed by atoms with E-state index in [2.05, 4.69) is 167 Å². The van der Waals surface area contributed by atoms with Crippen molar-refractivity contribution in [2.24, 2.45) is 0 Å².